The second kappa shape index (κ2) is 14.9. The van der Waals surface area contributed by atoms with Gasteiger partial charge in [-0.15, -0.1) is 0 Å². The maximum atomic E-state index is 14.0. The summed E-state index contributed by atoms with van der Waals surface area (Å²) in [4.78, 5) is 87.3. The minimum atomic E-state index is -2.63. The zero-order valence-electron chi connectivity index (χ0n) is 30.1. The summed E-state index contributed by atoms with van der Waals surface area (Å²) in [7, 11) is 0. The van der Waals surface area contributed by atoms with Crippen LogP contribution in [0.2, 0.25) is 5.02 Å². The number of alkyl halides is 2. The van der Waals surface area contributed by atoms with Crippen molar-refractivity contribution in [2.45, 2.75) is 56.1 Å². The lowest BCUT2D eigenvalue weighted by atomic mass is 9.74. The number of carbonyl (C=O) groups excluding carboxylic acids is 6. The fourth-order valence-corrected chi connectivity index (χ4v) is 8.83. The van der Waals surface area contributed by atoms with Crippen LogP contribution in [0.3, 0.4) is 0 Å². The normalized spacial score (nSPS) is 22.8. The minimum absolute atomic E-state index is 0.0424. The minimum Gasteiger partial charge on any atom is -0.371 e. The maximum Gasteiger partial charge on any atom is 0.262 e. The number of nitrogens with one attached hydrogen (secondary N) is 2. The highest BCUT2D eigenvalue weighted by atomic mass is 35.5. The number of fused-ring (bicyclic) bond motifs is 2. The molecule has 0 spiro atoms. The van der Waals surface area contributed by atoms with E-state index in [-0.39, 0.29) is 74.7 Å². The van der Waals surface area contributed by atoms with Gasteiger partial charge < -0.3 is 24.8 Å². The summed E-state index contributed by atoms with van der Waals surface area (Å²) in [5, 5.41) is 5.65. The van der Waals surface area contributed by atoms with Crippen LogP contribution in [0.5, 0.6) is 0 Å². The predicted octanol–water partition coefficient (Wildman–Crippen LogP) is 3.36. The Morgan fingerprint density at radius 1 is 0.946 bits per heavy atom. The van der Waals surface area contributed by atoms with Crippen LogP contribution in [-0.4, -0.2) is 115 Å². The third-order valence-electron chi connectivity index (χ3n) is 11.4. The van der Waals surface area contributed by atoms with Crippen molar-refractivity contribution in [1.29, 1.82) is 0 Å². The van der Waals surface area contributed by atoms with Gasteiger partial charge in [0, 0.05) is 79.1 Å². The van der Waals surface area contributed by atoms with Gasteiger partial charge in [0.2, 0.25) is 30.1 Å². The zero-order valence-corrected chi connectivity index (χ0v) is 30.9. The van der Waals surface area contributed by atoms with Gasteiger partial charge in [0.25, 0.3) is 11.8 Å². The van der Waals surface area contributed by atoms with E-state index < -0.39 is 47.9 Å². The molecule has 3 aromatic rings. The molecule has 5 aliphatic heterocycles. The quantitative estimate of drug-likeness (QED) is 0.308. The molecule has 0 bridgehead atoms. The molecule has 3 saturated heterocycles. The van der Waals surface area contributed by atoms with Gasteiger partial charge >= 0.3 is 0 Å². The molecule has 292 valence electrons. The molecule has 2 N–H and O–H groups in total. The molecular weight excluding hydrogens is 752 g/mol. The Labute approximate surface area is 325 Å². The van der Waals surface area contributed by atoms with E-state index in [1.54, 1.807) is 53.4 Å². The van der Waals surface area contributed by atoms with Crippen LogP contribution in [0, 0.1) is 0 Å². The number of piperazine rings is 1. The number of amides is 6. The maximum absolute atomic E-state index is 14.0. The van der Waals surface area contributed by atoms with Crippen LogP contribution in [0.4, 0.5) is 26.0 Å². The summed E-state index contributed by atoms with van der Waals surface area (Å²) in [5.74, 6) is -2.40. The molecule has 1 aromatic heterocycles. The van der Waals surface area contributed by atoms with E-state index in [1.165, 1.54) is 11.1 Å². The second-order valence-electron chi connectivity index (χ2n) is 14.6. The van der Waals surface area contributed by atoms with Gasteiger partial charge in [-0.3, -0.25) is 39.0 Å². The molecule has 6 amide bonds. The molecule has 2 unspecified atom stereocenters. The Bertz CT molecular complexity index is 2150. The Morgan fingerprint density at radius 2 is 1.73 bits per heavy atom. The van der Waals surface area contributed by atoms with Crippen LogP contribution in [-0.2, 0) is 29.3 Å². The first-order chi connectivity index (χ1) is 26.9. The first-order valence-electron chi connectivity index (χ1n) is 18.5. The summed E-state index contributed by atoms with van der Waals surface area (Å²) in [6.45, 7) is 1.42. The Kier molecular flexibility index (Phi) is 9.95. The van der Waals surface area contributed by atoms with Crippen LogP contribution >= 0.6 is 11.6 Å². The molecule has 17 heteroatoms. The number of hydrogen-bond donors (Lipinski definition) is 2. The van der Waals surface area contributed by atoms with Crippen LogP contribution < -0.4 is 20.4 Å². The number of pyridine rings is 1. The molecule has 14 nitrogen and oxygen atoms in total. The standard InChI is InChI=1S/C39H38ClF2N7O7/c40-28-8-11-43-35-34(28)39(21-44-35,18-30(41)42)22-2-1-3-24(16-22)48-15-14-47(19-32(48)51)33(52)20-56-25-9-12-46(13-10-25)23-4-5-26-27(17-23)38(55)49(37(26)54)29-6-7-31(50)45-36(29)53/h1-5,8,11,16-17,25,29-30H,6-7,9-10,12-15,18-21H2,(H,43,44)(H,45,50,53). The average molecular weight is 790 g/mol. The van der Waals surface area contributed by atoms with Crippen molar-refractivity contribution >= 4 is 64.2 Å². The van der Waals surface area contributed by atoms with E-state index in [0.29, 0.717) is 53.6 Å². The fourth-order valence-electron chi connectivity index (χ4n) is 8.50. The lowest BCUT2D eigenvalue weighted by molar-refractivity contribution is -0.142. The third kappa shape index (κ3) is 6.74. The van der Waals surface area contributed by atoms with Crippen molar-refractivity contribution < 1.29 is 42.3 Å². The third-order valence-corrected chi connectivity index (χ3v) is 11.7. The Balaban J connectivity index is 0.845. The number of hydrogen-bond acceptors (Lipinski definition) is 10. The van der Waals surface area contributed by atoms with Crippen molar-refractivity contribution in [3.8, 4) is 0 Å². The number of nitrogens with zero attached hydrogens (tertiary/aromatic N) is 5. The summed E-state index contributed by atoms with van der Waals surface area (Å²) in [6.07, 6.45) is -0.492. The highest BCUT2D eigenvalue weighted by molar-refractivity contribution is 6.32. The van der Waals surface area contributed by atoms with E-state index in [4.69, 9.17) is 16.3 Å². The van der Waals surface area contributed by atoms with Gasteiger partial charge in [-0.05, 0) is 61.2 Å². The zero-order chi connectivity index (χ0) is 39.3. The van der Waals surface area contributed by atoms with Gasteiger partial charge in [0.1, 0.15) is 25.0 Å². The van der Waals surface area contributed by atoms with Gasteiger partial charge in [-0.25, -0.2) is 13.8 Å². The number of anilines is 3. The molecule has 6 heterocycles. The van der Waals surface area contributed by atoms with Gasteiger partial charge in [0.15, 0.2) is 0 Å². The highest BCUT2D eigenvalue weighted by Crippen LogP contribution is 2.48. The lowest BCUT2D eigenvalue weighted by Crippen LogP contribution is -2.54. The molecule has 0 radical (unpaired) electrons. The first kappa shape index (κ1) is 37.4. The van der Waals surface area contributed by atoms with Crippen molar-refractivity contribution in [2.24, 2.45) is 0 Å². The predicted molar refractivity (Wildman–Crippen MR) is 199 cm³/mol. The first-order valence-corrected chi connectivity index (χ1v) is 18.9. The summed E-state index contributed by atoms with van der Waals surface area (Å²) in [5.41, 5.74) is 1.63. The number of carbonyl (C=O) groups is 6. The number of rotatable bonds is 9. The largest absolute Gasteiger partial charge is 0.371 e. The van der Waals surface area contributed by atoms with E-state index >= 15 is 0 Å². The molecule has 56 heavy (non-hydrogen) atoms. The summed E-state index contributed by atoms with van der Waals surface area (Å²) < 4.78 is 34.1. The molecule has 8 rings (SSSR count). The van der Waals surface area contributed by atoms with Crippen LogP contribution in [0.25, 0.3) is 0 Å². The Morgan fingerprint density at radius 3 is 2.48 bits per heavy atom. The summed E-state index contributed by atoms with van der Waals surface area (Å²) in [6, 6.07) is 12.5. The van der Waals surface area contributed by atoms with Gasteiger partial charge in [-0.2, -0.15) is 0 Å². The van der Waals surface area contributed by atoms with Crippen molar-refractivity contribution in [3.05, 3.63) is 82.0 Å². The fraction of sp³-hybridized carbons (Fsp3) is 0.410. The van der Waals surface area contributed by atoms with Gasteiger partial charge in [-0.1, -0.05) is 23.7 Å². The van der Waals surface area contributed by atoms with Crippen molar-refractivity contribution in [1.82, 2.24) is 20.1 Å². The molecule has 5 aliphatic rings. The Hall–Kier alpha value is -5.48. The number of ether oxygens (including phenoxy) is 1. The second-order valence-corrected chi connectivity index (χ2v) is 15.0. The van der Waals surface area contributed by atoms with E-state index in [1.807, 2.05) is 0 Å². The van der Waals surface area contributed by atoms with Crippen molar-refractivity contribution in [3.63, 3.8) is 0 Å². The molecule has 0 saturated carbocycles. The smallest absolute Gasteiger partial charge is 0.262 e. The van der Waals surface area contributed by atoms with E-state index in [0.717, 1.165) is 10.6 Å². The lowest BCUT2D eigenvalue weighted by Gasteiger charge is -2.36. The highest BCUT2D eigenvalue weighted by Gasteiger charge is 2.46. The SMILES string of the molecule is O=C1CCC(N2C(=O)c3ccc(N4CCC(OCC(=O)N5CCN(c6cccc(C7(CC(F)F)CNc8nccc(Cl)c87)c6)C(=O)C5)CC4)cc3C2=O)C(=O)N1. The van der Waals surface area contributed by atoms with E-state index in [2.05, 4.69) is 20.5 Å². The molecular formula is C39H38ClF2N7O7. The number of imide groups is 2. The average Bonchev–Trinajstić information content (AvgIpc) is 3.68. The molecule has 3 fully saturated rings. The molecule has 2 aromatic carbocycles. The number of benzene rings is 2. The molecule has 2 atom stereocenters. The monoisotopic (exact) mass is 789 g/mol. The number of piperidine rings is 2. The van der Waals surface area contributed by atoms with Crippen LogP contribution in [0.15, 0.2) is 54.7 Å². The molecule has 0 aliphatic carbocycles. The van der Waals surface area contributed by atoms with E-state index in [9.17, 15) is 37.5 Å². The number of halogens is 3. The number of aromatic nitrogens is 1. The van der Waals surface area contributed by atoms with Crippen molar-refractivity contribution in [2.75, 3.05) is 61.0 Å². The summed E-state index contributed by atoms with van der Waals surface area (Å²) >= 11 is 6.53. The van der Waals surface area contributed by atoms with Crippen LogP contribution in [0.1, 0.15) is 63.9 Å². The topological polar surface area (TPSA) is 162 Å². The van der Waals surface area contributed by atoms with Gasteiger partial charge in [0.05, 0.1) is 17.2 Å².